The van der Waals surface area contributed by atoms with Crippen LogP contribution in [0.3, 0.4) is 0 Å². The predicted octanol–water partition coefficient (Wildman–Crippen LogP) is 2.74. The smallest absolute Gasteiger partial charge is 0.227 e. The third-order valence-electron chi connectivity index (χ3n) is 6.78. The molecule has 30 heavy (non-hydrogen) atoms. The molecular formula is C24H28FNO4. The maximum Gasteiger partial charge on any atom is 0.227 e. The van der Waals surface area contributed by atoms with Crippen LogP contribution in [0.1, 0.15) is 24.0 Å². The lowest BCUT2D eigenvalue weighted by Crippen LogP contribution is -2.47. The van der Waals surface area contributed by atoms with Crippen molar-refractivity contribution in [2.24, 2.45) is 17.8 Å². The Morgan fingerprint density at radius 1 is 1.20 bits per heavy atom. The summed E-state index contributed by atoms with van der Waals surface area (Å²) >= 11 is 0. The summed E-state index contributed by atoms with van der Waals surface area (Å²) in [5, 5.41) is 21.4. The zero-order valence-corrected chi connectivity index (χ0v) is 17.1. The predicted molar refractivity (Wildman–Crippen MR) is 110 cm³/mol. The Morgan fingerprint density at radius 2 is 1.93 bits per heavy atom. The van der Waals surface area contributed by atoms with E-state index in [0.29, 0.717) is 25.3 Å². The molecule has 1 saturated heterocycles. The van der Waals surface area contributed by atoms with Gasteiger partial charge in [-0.25, -0.2) is 4.39 Å². The maximum atomic E-state index is 14.6. The normalized spacial score (nSPS) is 28.3. The van der Waals surface area contributed by atoms with Gasteiger partial charge in [-0.1, -0.05) is 36.4 Å². The minimum Gasteiger partial charge on any atom is -0.496 e. The molecule has 5 nitrogen and oxygen atoms in total. The highest BCUT2D eigenvalue weighted by Gasteiger charge is 2.53. The molecule has 0 spiro atoms. The van der Waals surface area contributed by atoms with Gasteiger partial charge >= 0.3 is 0 Å². The van der Waals surface area contributed by atoms with E-state index in [1.807, 2.05) is 24.3 Å². The van der Waals surface area contributed by atoms with Crippen LogP contribution in [-0.2, 0) is 16.8 Å². The number of rotatable bonds is 5. The number of aliphatic hydroxyl groups is 2. The fraction of sp³-hybridized carbons (Fsp3) is 0.458. The Bertz CT molecular complexity index is 920. The van der Waals surface area contributed by atoms with E-state index < -0.39 is 11.4 Å². The van der Waals surface area contributed by atoms with Crippen LogP contribution in [0.5, 0.6) is 5.75 Å². The average molecular weight is 413 g/mol. The van der Waals surface area contributed by atoms with Crippen molar-refractivity contribution < 1.29 is 24.1 Å². The Hall–Kier alpha value is -2.44. The first-order chi connectivity index (χ1) is 14.5. The third kappa shape index (κ3) is 3.70. The van der Waals surface area contributed by atoms with E-state index >= 15 is 0 Å². The molecule has 0 bridgehead atoms. The first-order valence-corrected chi connectivity index (χ1v) is 10.4. The molecule has 1 aliphatic carbocycles. The Morgan fingerprint density at radius 3 is 2.67 bits per heavy atom. The van der Waals surface area contributed by atoms with Crippen molar-refractivity contribution in [1.29, 1.82) is 0 Å². The molecule has 2 N–H and O–H groups in total. The third-order valence-corrected chi connectivity index (χ3v) is 6.78. The summed E-state index contributed by atoms with van der Waals surface area (Å²) in [6.07, 6.45) is 1.22. The number of ether oxygens (including phenoxy) is 1. The summed E-state index contributed by atoms with van der Waals surface area (Å²) in [5.74, 6) is -0.187. The first-order valence-electron chi connectivity index (χ1n) is 10.4. The van der Waals surface area contributed by atoms with Gasteiger partial charge < -0.3 is 19.8 Å². The molecule has 4 rings (SSSR count). The molecule has 4 unspecified atom stereocenters. The maximum absolute atomic E-state index is 14.6. The number of carbonyl (C=O) groups excluding carboxylic acids is 1. The number of benzene rings is 2. The van der Waals surface area contributed by atoms with Crippen LogP contribution in [0.2, 0.25) is 0 Å². The van der Waals surface area contributed by atoms with Crippen LogP contribution in [0, 0.1) is 23.6 Å². The van der Waals surface area contributed by atoms with Crippen LogP contribution in [-0.4, -0.2) is 47.8 Å². The van der Waals surface area contributed by atoms with Crippen molar-refractivity contribution in [1.82, 2.24) is 4.90 Å². The van der Waals surface area contributed by atoms with Crippen molar-refractivity contribution in [3.8, 4) is 5.75 Å². The van der Waals surface area contributed by atoms with E-state index in [4.69, 9.17) is 4.74 Å². The average Bonchev–Trinajstić information content (AvgIpc) is 3.19. The fourth-order valence-electron chi connectivity index (χ4n) is 5.34. The van der Waals surface area contributed by atoms with Crippen LogP contribution in [0.4, 0.5) is 4.39 Å². The number of nitrogens with zero attached hydrogens (tertiary/aromatic N) is 1. The minimum absolute atomic E-state index is 0.0159. The van der Waals surface area contributed by atoms with Gasteiger partial charge in [-0.15, -0.1) is 0 Å². The summed E-state index contributed by atoms with van der Waals surface area (Å²) in [5.41, 5.74) is -0.323. The number of fused-ring (bicyclic) bond motifs is 1. The van der Waals surface area contributed by atoms with E-state index in [-0.39, 0.29) is 42.3 Å². The van der Waals surface area contributed by atoms with Gasteiger partial charge in [0, 0.05) is 36.7 Å². The molecule has 2 fully saturated rings. The van der Waals surface area contributed by atoms with Crippen molar-refractivity contribution in [3.05, 3.63) is 65.5 Å². The van der Waals surface area contributed by atoms with Crippen molar-refractivity contribution in [2.45, 2.75) is 24.9 Å². The Labute approximate surface area is 176 Å². The van der Waals surface area contributed by atoms with Gasteiger partial charge in [0.05, 0.1) is 19.1 Å². The van der Waals surface area contributed by atoms with Gasteiger partial charge in [-0.2, -0.15) is 0 Å². The Balaban J connectivity index is 1.58. The summed E-state index contributed by atoms with van der Waals surface area (Å²) < 4.78 is 20.0. The van der Waals surface area contributed by atoms with E-state index in [0.717, 1.165) is 12.0 Å². The standard InChI is InChI=1S/C24H28FNO4/c1-30-22-9-5-2-6-17(22)11-23(28)26-13-18-10-16(15-27)12-24(29,20(18)14-26)19-7-3-4-8-21(19)25/h2-9,16,18,20,27,29H,10-15H2,1H3. The Kier molecular flexibility index (Phi) is 5.80. The molecule has 2 aromatic carbocycles. The topological polar surface area (TPSA) is 70.0 Å². The van der Waals surface area contributed by atoms with Gasteiger partial charge in [0.25, 0.3) is 0 Å². The molecule has 2 aliphatic rings. The zero-order chi connectivity index (χ0) is 21.3. The number of amides is 1. The number of methoxy groups -OCH3 is 1. The highest BCUT2D eigenvalue weighted by Crippen LogP contribution is 2.50. The second-order valence-electron chi connectivity index (χ2n) is 8.55. The van der Waals surface area contributed by atoms with Crippen molar-refractivity contribution in [3.63, 3.8) is 0 Å². The molecule has 1 aliphatic heterocycles. The molecule has 2 aromatic rings. The first kappa shape index (κ1) is 20.8. The number of halogens is 1. The van der Waals surface area contributed by atoms with Gasteiger partial charge in [-0.3, -0.25) is 4.79 Å². The van der Waals surface area contributed by atoms with Gasteiger partial charge in [0.15, 0.2) is 0 Å². The summed E-state index contributed by atoms with van der Waals surface area (Å²) in [4.78, 5) is 14.8. The lowest BCUT2D eigenvalue weighted by atomic mass is 9.64. The van der Waals surface area contributed by atoms with Gasteiger partial charge in [0.2, 0.25) is 5.91 Å². The van der Waals surface area contributed by atoms with Gasteiger partial charge in [0.1, 0.15) is 11.6 Å². The molecular weight excluding hydrogens is 385 g/mol. The monoisotopic (exact) mass is 413 g/mol. The van der Waals surface area contributed by atoms with Crippen LogP contribution >= 0.6 is 0 Å². The molecule has 1 saturated carbocycles. The second kappa shape index (κ2) is 8.36. The molecule has 4 atom stereocenters. The van der Waals surface area contributed by atoms with E-state index in [9.17, 15) is 19.4 Å². The summed E-state index contributed by atoms with van der Waals surface area (Å²) in [7, 11) is 1.58. The molecule has 1 heterocycles. The van der Waals surface area contributed by atoms with Gasteiger partial charge in [-0.05, 0) is 36.8 Å². The molecule has 6 heteroatoms. The number of hydrogen-bond acceptors (Lipinski definition) is 4. The van der Waals surface area contributed by atoms with Crippen LogP contribution in [0.15, 0.2) is 48.5 Å². The number of para-hydroxylation sites is 1. The highest BCUT2D eigenvalue weighted by molar-refractivity contribution is 5.80. The van der Waals surface area contributed by atoms with E-state index in [1.165, 1.54) is 6.07 Å². The number of aliphatic hydroxyl groups excluding tert-OH is 1. The molecule has 0 aromatic heterocycles. The summed E-state index contributed by atoms with van der Waals surface area (Å²) in [6.45, 7) is 0.822. The quantitative estimate of drug-likeness (QED) is 0.791. The zero-order valence-electron chi connectivity index (χ0n) is 17.1. The minimum atomic E-state index is -1.40. The van der Waals surface area contributed by atoms with Crippen LogP contribution in [0.25, 0.3) is 0 Å². The lowest BCUT2D eigenvalue weighted by molar-refractivity contribution is -0.130. The van der Waals surface area contributed by atoms with Crippen molar-refractivity contribution in [2.75, 3.05) is 26.8 Å². The lowest BCUT2D eigenvalue weighted by Gasteiger charge is -2.44. The fourth-order valence-corrected chi connectivity index (χ4v) is 5.34. The van der Waals surface area contributed by atoms with E-state index in [1.54, 1.807) is 30.2 Å². The number of carbonyl (C=O) groups is 1. The second-order valence-corrected chi connectivity index (χ2v) is 8.55. The molecule has 160 valence electrons. The SMILES string of the molecule is COc1ccccc1CC(=O)N1CC2CC(CO)CC(O)(c3ccccc3F)C2C1. The largest absolute Gasteiger partial charge is 0.496 e. The van der Waals surface area contributed by atoms with Crippen molar-refractivity contribution >= 4 is 5.91 Å². The van der Waals surface area contributed by atoms with E-state index in [2.05, 4.69) is 0 Å². The molecule has 0 radical (unpaired) electrons. The number of hydrogen-bond donors (Lipinski definition) is 2. The summed E-state index contributed by atoms with van der Waals surface area (Å²) in [6, 6.07) is 13.7. The highest BCUT2D eigenvalue weighted by atomic mass is 19.1. The molecule has 1 amide bonds. The number of likely N-dealkylation sites (tertiary alicyclic amines) is 1. The van der Waals surface area contributed by atoms with Crippen LogP contribution < -0.4 is 4.74 Å².